The molecular formula is C10H11N3O3. The summed E-state index contributed by atoms with van der Waals surface area (Å²) in [5.74, 6) is -0.274. The molecule has 0 saturated carbocycles. The summed E-state index contributed by atoms with van der Waals surface area (Å²) in [7, 11) is 0. The van der Waals surface area contributed by atoms with Crippen molar-refractivity contribution in [1.82, 2.24) is 9.97 Å². The molecule has 0 saturated heterocycles. The van der Waals surface area contributed by atoms with E-state index in [1.165, 1.54) is 6.92 Å². The van der Waals surface area contributed by atoms with Crippen molar-refractivity contribution in [3.8, 4) is 0 Å². The summed E-state index contributed by atoms with van der Waals surface area (Å²) in [6.45, 7) is 2.06. The molecule has 0 aromatic carbocycles. The highest BCUT2D eigenvalue weighted by molar-refractivity contribution is 5.92. The van der Waals surface area contributed by atoms with Crippen LogP contribution in [0.4, 0.5) is 5.82 Å². The molecule has 0 bridgehead atoms. The molecule has 1 aliphatic rings. The SMILES string of the molecule is CC(=O)N1CCc2cnc(CC(=O)O)nc21. The number of carbonyl (C=O) groups is 2. The standard InChI is InChI=1S/C10H11N3O3/c1-6(14)13-3-2-7-5-11-8(4-9(15)16)12-10(7)13/h5H,2-4H2,1H3,(H,15,16). The highest BCUT2D eigenvalue weighted by atomic mass is 16.4. The number of carboxylic acid groups (broad SMARTS) is 1. The monoisotopic (exact) mass is 221 g/mol. The van der Waals surface area contributed by atoms with Gasteiger partial charge in [-0.15, -0.1) is 0 Å². The van der Waals surface area contributed by atoms with Gasteiger partial charge in [0.2, 0.25) is 5.91 Å². The van der Waals surface area contributed by atoms with E-state index in [4.69, 9.17) is 5.11 Å². The summed E-state index contributed by atoms with van der Waals surface area (Å²) < 4.78 is 0. The molecule has 0 aliphatic carbocycles. The summed E-state index contributed by atoms with van der Waals surface area (Å²) in [6, 6.07) is 0. The Kier molecular flexibility index (Phi) is 2.55. The van der Waals surface area contributed by atoms with Gasteiger partial charge in [0.05, 0.1) is 0 Å². The highest BCUT2D eigenvalue weighted by Gasteiger charge is 2.24. The topological polar surface area (TPSA) is 83.4 Å². The number of fused-ring (bicyclic) bond motifs is 1. The lowest BCUT2D eigenvalue weighted by atomic mass is 10.3. The molecule has 2 rings (SSSR count). The summed E-state index contributed by atoms with van der Waals surface area (Å²) in [5, 5.41) is 8.63. The second-order valence-electron chi connectivity index (χ2n) is 3.63. The van der Waals surface area contributed by atoms with Crippen molar-refractivity contribution in [2.24, 2.45) is 0 Å². The Hall–Kier alpha value is -1.98. The fraction of sp³-hybridized carbons (Fsp3) is 0.400. The fourth-order valence-electron chi connectivity index (χ4n) is 1.71. The molecule has 1 aliphatic heterocycles. The van der Waals surface area contributed by atoms with Gasteiger partial charge in [0.25, 0.3) is 0 Å². The molecule has 1 N–H and O–H groups in total. The van der Waals surface area contributed by atoms with Crippen molar-refractivity contribution in [2.75, 3.05) is 11.4 Å². The molecule has 1 amide bonds. The van der Waals surface area contributed by atoms with Crippen LogP contribution in [-0.4, -0.2) is 33.5 Å². The molecule has 1 aromatic heterocycles. The number of aliphatic carboxylic acids is 1. The van der Waals surface area contributed by atoms with Gasteiger partial charge < -0.3 is 5.11 Å². The number of amides is 1. The first-order valence-corrected chi connectivity index (χ1v) is 4.92. The van der Waals surface area contributed by atoms with Gasteiger partial charge in [-0.2, -0.15) is 0 Å². The summed E-state index contributed by atoms with van der Waals surface area (Å²) in [5.41, 5.74) is 0.893. The Labute approximate surface area is 91.9 Å². The van der Waals surface area contributed by atoms with Gasteiger partial charge in [0.1, 0.15) is 18.1 Å². The highest BCUT2D eigenvalue weighted by Crippen LogP contribution is 2.24. The molecule has 0 atom stereocenters. The number of aromatic nitrogens is 2. The molecule has 6 nitrogen and oxygen atoms in total. The third-order valence-corrected chi connectivity index (χ3v) is 2.44. The minimum atomic E-state index is -0.979. The van der Waals surface area contributed by atoms with Gasteiger partial charge in [-0.1, -0.05) is 0 Å². The van der Waals surface area contributed by atoms with E-state index in [9.17, 15) is 9.59 Å². The Bertz CT molecular complexity index is 459. The number of carboxylic acids is 1. The number of hydrogen-bond acceptors (Lipinski definition) is 4. The van der Waals surface area contributed by atoms with E-state index >= 15 is 0 Å². The lowest BCUT2D eigenvalue weighted by molar-refractivity contribution is -0.136. The maximum atomic E-state index is 11.3. The maximum Gasteiger partial charge on any atom is 0.311 e. The van der Waals surface area contributed by atoms with Crippen LogP contribution in [0.5, 0.6) is 0 Å². The van der Waals surface area contributed by atoms with E-state index in [1.807, 2.05) is 0 Å². The number of anilines is 1. The summed E-state index contributed by atoms with van der Waals surface area (Å²) in [4.78, 5) is 31.4. The Morgan fingerprint density at radius 2 is 2.31 bits per heavy atom. The first-order chi connectivity index (χ1) is 7.58. The van der Waals surface area contributed by atoms with Crippen molar-refractivity contribution in [1.29, 1.82) is 0 Å². The van der Waals surface area contributed by atoms with Crippen molar-refractivity contribution in [3.63, 3.8) is 0 Å². The molecule has 0 unspecified atom stereocenters. The van der Waals surface area contributed by atoms with Crippen molar-refractivity contribution >= 4 is 17.7 Å². The number of carbonyl (C=O) groups excluding carboxylic acids is 1. The molecular weight excluding hydrogens is 210 g/mol. The Morgan fingerprint density at radius 1 is 1.56 bits per heavy atom. The van der Waals surface area contributed by atoms with E-state index in [0.717, 1.165) is 12.0 Å². The van der Waals surface area contributed by atoms with Gasteiger partial charge in [0, 0.05) is 25.2 Å². The smallest absolute Gasteiger partial charge is 0.311 e. The van der Waals surface area contributed by atoms with E-state index in [1.54, 1.807) is 11.1 Å². The van der Waals surface area contributed by atoms with E-state index in [-0.39, 0.29) is 18.2 Å². The van der Waals surface area contributed by atoms with Crippen molar-refractivity contribution in [2.45, 2.75) is 19.8 Å². The third kappa shape index (κ3) is 1.86. The van der Waals surface area contributed by atoms with Gasteiger partial charge in [0.15, 0.2) is 0 Å². The molecule has 6 heteroatoms. The van der Waals surface area contributed by atoms with Crippen LogP contribution in [0.25, 0.3) is 0 Å². The van der Waals surface area contributed by atoms with Crippen LogP contribution in [0.3, 0.4) is 0 Å². The average molecular weight is 221 g/mol. The van der Waals surface area contributed by atoms with Crippen molar-refractivity contribution in [3.05, 3.63) is 17.6 Å². The second-order valence-corrected chi connectivity index (χ2v) is 3.63. The molecule has 16 heavy (non-hydrogen) atoms. The first kappa shape index (κ1) is 10.5. The van der Waals surface area contributed by atoms with Crippen LogP contribution < -0.4 is 4.90 Å². The minimum Gasteiger partial charge on any atom is -0.481 e. The predicted molar refractivity (Wildman–Crippen MR) is 55.1 cm³/mol. The van der Waals surface area contributed by atoms with Crippen LogP contribution in [0.2, 0.25) is 0 Å². The quantitative estimate of drug-likeness (QED) is 0.760. The minimum absolute atomic E-state index is 0.0845. The predicted octanol–water partition coefficient (Wildman–Crippen LogP) is 0.0127. The van der Waals surface area contributed by atoms with E-state index in [0.29, 0.717) is 12.4 Å². The molecule has 0 fully saturated rings. The number of nitrogens with zero attached hydrogens (tertiary/aromatic N) is 3. The van der Waals surface area contributed by atoms with Crippen LogP contribution in [-0.2, 0) is 22.4 Å². The Morgan fingerprint density at radius 3 is 2.94 bits per heavy atom. The Balaban J connectivity index is 2.33. The van der Waals surface area contributed by atoms with Gasteiger partial charge >= 0.3 is 5.97 Å². The zero-order valence-corrected chi connectivity index (χ0v) is 8.80. The number of rotatable bonds is 2. The average Bonchev–Trinajstić information content (AvgIpc) is 2.59. The van der Waals surface area contributed by atoms with Gasteiger partial charge in [-0.25, -0.2) is 9.97 Å². The normalized spacial score (nSPS) is 13.7. The largest absolute Gasteiger partial charge is 0.481 e. The zero-order valence-electron chi connectivity index (χ0n) is 8.80. The van der Waals surface area contributed by atoms with Crippen LogP contribution in [0.15, 0.2) is 6.20 Å². The van der Waals surface area contributed by atoms with Gasteiger partial charge in [-0.05, 0) is 6.42 Å². The van der Waals surface area contributed by atoms with Crippen molar-refractivity contribution < 1.29 is 14.7 Å². The summed E-state index contributed by atoms with van der Waals surface area (Å²) >= 11 is 0. The molecule has 1 aromatic rings. The van der Waals surface area contributed by atoms with Gasteiger partial charge in [-0.3, -0.25) is 14.5 Å². The molecule has 2 heterocycles. The van der Waals surface area contributed by atoms with E-state index in [2.05, 4.69) is 9.97 Å². The maximum absolute atomic E-state index is 11.3. The van der Waals surface area contributed by atoms with Crippen LogP contribution >= 0.6 is 0 Å². The number of hydrogen-bond donors (Lipinski definition) is 1. The van der Waals surface area contributed by atoms with Crippen LogP contribution in [0.1, 0.15) is 18.3 Å². The third-order valence-electron chi connectivity index (χ3n) is 2.44. The summed E-state index contributed by atoms with van der Waals surface area (Å²) in [6.07, 6.45) is 2.10. The van der Waals surface area contributed by atoms with E-state index < -0.39 is 5.97 Å². The fourth-order valence-corrected chi connectivity index (χ4v) is 1.71. The second kappa shape index (κ2) is 3.88. The lowest BCUT2D eigenvalue weighted by Gasteiger charge is -2.13. The molecule has 0 radical (unpaired) electrons. The lowest BCUT2D eigenvalue weighted by Crippen LogP contribution is -2.27. The molecule has 84 valence electrons. The zero-order chi connectivity index (χ0) is 11.7. The van der Waals surface area contributed by atoms with Crippen LogP contribution in [0, 0.1) is 0 Å². The molecule has 0 spiro atoms. The first-order valence-electron chi connectivity index (χ1n) is 4.92.